The van der Waals surface area contributed by atoms with E-state index in [1.165, 1.54) is 23.9 Å². The highest BCUT2D eigenvalue weighted by Gasteiger charge is 2.13. The summed E-state index contributed by atoms with van der Waals surface area (Å²) in [6, 6.07) is 13.6. The van der Waals surface area contributed by atoms with Gasteiger partial charge in [0, 0.05) is 23.2 Å². The molecule has 4 rings (SSSR count). The molecule has 0 saturated heterocycles. The Labute approximate surface area is 164 Å². The fraction of sp³-hybridized carbons (Fsp3) is 0.105. The minimum Gasteiger partial charge on any atom is -0.440 e. The molecule has 0 aliphatic rings. The summed E-state index contributed by atoms with van der Waals surface area (Å²) in [7, 11) is 1.91. The summed E-state index contributed by atoms with van der Waals surface area (Å²) >= 11 is 7.41. The minimum absolute atomic E-state index is 0.284. The van der Waals surface area contributed by atoms with Crippen LogP contribution in [0.4, 0.5) is 4.39 Å². The molecule has 0 atom stereocenters. The maximum absolute atomic E-state index is 13.0. The lowest BCUT2D eigenvalue weighted by Crippen LogP contribution is -1.95. The molecular formula is C19H14ClFN4OS. The highest BCUT2D eigenvalue weighted by Crippen LogP contribution is 2.27. The fourth-order valence-corrected chi connectivity index (χ4v) is 3.43. The lowest BCUT2D eigenvalue weighted by molar-refractivity contribution is 0.529. The number of thioether (sulfide) groups is 1. The van der Waals surface area contributed by atoms with Gasteiger partial charge < -0.3 is 8.98 Å². The van der Waals surface area contributed by atoms with Crippen molar-refractivity contribution >= 4 is 23.4 Å². The SMILES string of the molecule is Cn1c(SCc2ncc(-c3ccc(F)cc3)o2)nnc1-c1ccc(Cl)cc1. The zero-order valence-corrected chi connectivity index (χ0v) is 15.8. The first-order valence-corrected chi connectivity index (χ1v) is 9.45. The Bertz CT molecular complexity index is 1060. The van der Waals surface area contributed by atoms with Gasteiger partial charge in [-0.15, -0.1) is 10.2 Å². The van der Waals surface area contributed by atoms with Gasteiger partial charge >= 0.3 is 0 Å². The molecule has 0 aliphatic carbocycles. The molecule has 0 radical (unpaired) electrons. The van der Waals surface area contributed by atoms with E-state index in [-0.39, 0.29) is 5.82 Å². The van der Waals surface area contributed by atoms with E-state index in [1.807, 2.05) is 35.9 Å². The van der Waals surface area contributed by atoms with Gasteiger partial charge in [-0.2, -0.15) is 0 Å². The smallest absolute Gasteiger partial charge is 0.205 e. The van der Waals surface area contributed by atoms with Crippen molar-refractivity contribution in [3.05, 3.63) is 71.5 Å². The van der Waals surface area contributed by atoms with Gasteiger partial charge in [0.05, 0.1) is 11.9 Å². The zero-order valence-electron chi connectivity index (χ0n) is 14.3. The van der Waals surface area contributed by atoms with Crippen LogP contribution in [0.2, 0.25) is 5.02 Å². The molecule has 8 heteroatoms. The van der Waals surface area contributed by atoms with Crippen molar-refractivity contribution in [1.29, 1.82) is 0 Å². The maximum Gasteiger partial charge on any atom is 0.205 e. The molecule has 0 amide bonds. The standard InChI is InChI=1S/C19H14ClFN4OS/c1-25-18(13-2-6-14(20)7-3-13)23-24-19(25)27-11-17-22-10-16(26-17)12-4-8-15(21)9-5-12/h2-10H,11H2,1H3. The normalized spacial score (nSPS) is 11.1. The van der Waals surface area contributed by atoms with Gasteiger partial charge in [-0.25, -0.2) is 9.37 Å². The quantitative estimate of drug-likeness (QED) is 0.430. The van der Waals surface area contributed by atoms with Crippen LogP contribution in [0, 0.1) is 5.82 Å². The summed E-state index contributed by atoms with van der Waals surface area (Å²) in [5.74, 6) is 2.15. The van der Waals surface area contributed by atoms with Gasteiger partial charge in [0.1, 0.15) is 5.82 Å². The molecule has 0 N–H and O–H groups in total. The van der Waals surface area contributed by atoms with E-state index in [0.717, 1.165) is 22.1 Å². The van der Waals surface area contributed by atoms with Gasteiger partial charge in [0.25, 0.3) is 0 Å². The predicted molar refractivity (Wildman–Crippen MR) is 103 cm³/mol. The van der Waals surface area contributed by atoms with E-state index >= 15 is 0 Å². The van der Waals surface area contributed by atoms with E-state index in [1.54, 1.807) is 18.3 Å². The molecule has 4 aromatic rings. The molecule has 0 spiro atoms. The Balaban J connectivity index is 1.46. The van der Waals surface area contributed by atoms with Gasteiger partial charge in [-0.3, -0.25) is 0 Å². The number of hydrogen-bond donors (Lipinski definition) is 0. The Morgan fingerprint density at radius 3 is 2.48 bits per heavy atom. The summed E-state index contributed by atoms with van der Waals surface area (Å²) < 4.78 is 20.7. The Morgan fingerprint density at radius 1 is 1.04 bits per heavy atom. The van der Waals surface area contributed by atoms with Crippen molar-refractivity contribution in [3.8, 4) is 22.7 Å². The average molecular weight is 401 g/mol. The van der Waals surface area contributed by atoms with Crippen LogP contribution in [0.5, 0.6) is 0 Å². The number of aromatic nitrogens is 4. The summed E-state index contributed by atoms with van der Waals surface area (Å²) in [6.45, 7) is 0. The molecule has 0 unspecified atom stereocenters. The summed E-state index contributed by atoms with van der Waals surface area (Å²) in [6.07, 6.45) is 1.64. The van der Waals surface area contributed by atoms with Gasteiger partial charge in [0.2, 0.25) is 5.89 Å². The molecule has 0 saturated carbocycles. The van der Waals surface area contributed by atoms with Crippen LogP contribution in [0.1, 0.15) is 5.89 Å². The van der Waals surface area contributed by atoms with E-state index in [0.29, 0.717) is 22.4 Å². The van der Waals surface area contributed by atoms with Crippen molar-refractivity contribution < 1.29 is 8.81 Å². The second-order valence-electron chi connectivity index (χ2n) is 5.79. The fourth-order valence-electron chi connectivity index (χ4n) is 2.54. The minimum atomic E-state index is -0.284. The number of halogens is 2. The van der Waals surface area contributed by atoms with Crippen LogP contribution in [-0.2, 0) is 12.8 Å². The molecule has 5 nitrogen and oxygen atoms in total. The topological polar surface area (TPSA) is 56.7 Å². The highest BCUT2D eigenvalue weighted by molar-refractivity contribution is 7.98. The molecule has 2 aromatic heterocycles. The molecule has 136 valence electrons. The third-order valence-corrected chi connectivity index (χ3v) is 5.20. The Kier molecular flexibility index (Phi) is 4.96. The van der Waals surface area contributed by atoms with Crippen LogP contribution >= 0.6 is 23.4 Å². The number of rotatable bonds is 5. The van der Waals surface area contributed by atoms with Crippen LogP contribution in [-0.4, -0.2) is 19.7 Å². The Morgan fingerprint density at radius 2 is 1.74 bits per heavy atom. The van der Waals surface area contributed by atoms with E-state index in [2.05, 4.69) is 15.2 Å². The van der Waals surface area contributed by atoms with Crippen molar-refractivity contribution in [3.63, 3.8) is 0 Å². The van der Waals surface area contributed by atoms with E-state index in [4.69, 9.17) is 16.0 Å². The predicted octanol–water partition coefficient (Wildman–Crippen LogP) is 5.22. The number of benzene rings is 2. The summed E-state index contributed by atoms with van der Waals surface area (Å²) in [5, 5.41) is 9.92. The van der Waals surface area contributed by atoms with E-state index in [9.17, 15) is 4.39 Å². The third kappa shape index (κ3) is 3.89. The molecule has 0 fully saturated rings. The molecule has 0 bridgehead atoms. The number of oxazole rings is 1. The molecule has 2 aromatic carbocycles. The van der Waals surface area contributed by atoms with Gasteiger partial charge in [-0.05, 0) is 48.5 Å². The van der Waals surface area contributed by atoms with Crippen LogP contribution in [0.15, 0.2) is 64.3 Å². The van der Waals surface area contributed by atoms with Crippen LogP contribution in [0.25, 0.3) is 22.7 Å². The van der Waals surface area contributed by atoms with Crippen molar-refractivity contribution in [2.45, 2.75) is 10.9 Å². The van der Waals surface area contributed by atoms with Crippen LogP contribution < -0.4 is 0 Å². The molecule has 0 aliphatic heterocycles. The molecular weight excluding hydrogens is 387 g/mol. The lowest BCUT2D eigenvalue weighted by Gasteiger charge is -2.03. The largest absolute Gasteiger partial charge is 0.440 e. The molecule has 27 heavy (non-hydrogen) atoms. The monoisotopic (exact) mass is 400 g/mol. The first-order valence-electron chi connectivity index (χ1n) is 8.09. The number of nitrogens with zero attached hydrogens (tertiary/aromatic N) is 4. The Hall–Kier alpha value is -2.64. The van der Waals surface area contributed by atoms with Crippen molar-refractivity contribution in [2.75, 3.05) is 0 Å². The number of hydrogen-bond acceptors (Lipinski definition) is 5. The van der Waals surface area contributed by atoms with Crippen molar-refractivity contribution in [1.82, 2.24) is 19.7 Å². The van der Waals surface area contributed by atoms with Gasteiger partial charge in [0.15, 0.2) is 16.7 Å². The zero-order chi connectivity index (χ0) is 18.8. The first-order chi connectivity index (χ1) is 13.1. The molecule has 2 heterocycles. The second-order valence-corrected chi connectivity index (χ2v) is 7.16. The van der Waals surface area contributed by atoms with Gasteiger partial charge in [-0.1, -0.05) is 23.4 Å². The van der Waals surface area contributed by atoms with Crippen molar-refractivity contribution in [2.24, 2.45) is 7.05 Å². The van der Waals surface area contributed by atoms with E-state index < -0.39 is 0 Å². The van der Waals surface area contributed by atoms with Crippen LogP contribution in [0.3, 0.4) is 0 Å². The lowest BCUT2D eigenvalue weighted by atomic mass is 10.2. The third-order valence-electron chi connectivity index (χ3n) is 3.94. The first kappa shape index (κ1) is 17.8. The highest BCUT2D eigenvalue weighted by atomic mass is 35.5. The second kappa shape index (κ2) is 7.54. The average Bonchev–Trinajstić information content (AvgIpc) is 3.28. The summed E-state index contributed by atoms with van der Waals surface area (Å²) in [5.41, 5.74) is 1.72. The summed E-state index contributed by atoms with van der Waals surface area (Å²) in [4.78, 5) is 4.28. The maximum atomic E-state index is 13.0.